The van der Waals surface area contributed by atoms with Gasteiger partial charge >= 0.3 is 12.3 Å². The minimum atomic E-state index is -4.12. The second kappa shape index (κ2) is 4.15. The van der Waals surface area contributed by atoms with E-state index < -0.39 is 19.0 Å². The zero-order valence-electron chi connectivity index (χ0n) is 5.73. The Kier molecular flexibility index (Phi) is 3.84. The quantitative estimate of drug-likeness (QED) is 0.361. The van der Waals surface area contributed by atoms with Gasteiger partial charge in [0.25, 0.3) is 0 Å². The number of halogens is 4. The predicted molar refractivity (Wildman–Crippen MR) is 31.1 cm³/mol. The molecule has 0 rings (SSSR count). The van der Waals surface area contributed by atoms with Gasteiger partial charge in [-0.2, -0.15) is 8.78 Å². The van der Waals surface area contributed by atoms with Gasteiger partial charge in [-0.05, 0) is 6.92 Å². The molecule has 0 fully saturated rings. The summed E-state index contributed by atoms with van der Waals surface area (Å²) in [5, 5.41) is 2.90. The van der Waals surface area contributed by atoms with E-state index in [1.54, 1.807) is 0 Å². The summed E-state index contributed by atoms with van der Waals surface area (Å²) in [5.41, 5.74) is 0. The van der Waals surface area contributed by atoms with Gasteiger partial charge in [-0.25, -0.2) is 8.78 Å². The van der Waals surface area contributed by atoms with Crippen molar-refractivity contribution >= 4 is 6.21 Å². The third kappa shape index (κ3) is 3.79. The van der Waals surface area contributed by atoms with E-state index in [4.69, 9.17) is 0 Å². The Morgan fingerprint density at radius 2 is 2.09 bits per heavy atom. The van der Waals surface area contributed by atoms with Crippen LogP contribution in [-0.2, 0) is 4.84 Å². The molecule has 0 aliphatic carbocycles. The van der Waals surface area contributed by atoms with Crippen LogP contribution in [-0.4, -0.2) is 25.2 Å². The summed E-state index contributed by atoms with van der Waals surface area (Å²) in [6.07, 6.45) is -2.63. The van der Waals surface area contributed by atoms with Crippen LogP contribution in [0.25, 0.3) is 0 Å². The van der Waals surface area contributed by atoms with Crippen molar-refractivity contribution in [3.05, 3.63) is 0 Å². The van der Waals surface area contributed by atoms with E-state index in [1.807, 2.05) is 0 Å². The van der Waals surface area contributed by atoms with Crippen molar-refractivity contribution in [2.75, 3.05) is 6.61 Å². The molecule has 0 N–H and O–H groups in total. The van der Waals surface area contributed by atoms with Crippen LogP contribution in [0.15, 0.2) is 5.16 Å². The van der Waals surface area contributed by atoms with Crippen molar-refractivity contribution in [1.82, 2.24) is 0 Å². The first-order chi connectivity index (χ1) is 5.00. The summed E-state index contributed by atoms with van der Waals surface area (Å²) < 4.78 is 46.6. The topological polar surface area (TPSA) is 21.6 Å². The van der Waals surface area contributed by atoms with Crippen LogP contribution in [0.3, 0.4) is 0 Å². The minimum Gasteiger partial charge on any atom is -0.389 e. The molecule has 0 aromatic carbocycles. The highest BCUT2D eigenvalue weighted by molar-refractivity contribution is 5.52. The molecular formula is C5H7F4NO. The van der Waals surface area contributed by atoms with E-state index in [0.717, 1.165) is 6.21 Å². The molecule has 0 radical (unpaired) electrons. The zero-order chi connectivity index (χ0) is 8.91. The molecule has 11 heavy (non-hydrogen) atoms. The maximum absolute atomic E-state index is 11.9. The number of rotatable bonds is 4. The van der Waals surface area contributed by atoms with Gasteiger partial charge in [-0.1, -0.05) is 5.16 Å². The van der Waals surface area contributed by atoms with Crippen LogP contribution in [0, 0.1) is 0 Å². The third-order valence-corrected chi connectivity index (χ3v) is 0.756. The minimum absolute atomic E-state index is 1.08. The maximum atomic E-state index is 11.9. The normalized spacial score (nSPS) is 12.9. The second-order valence-corrected chi connectivity index (χ2v) is 1.70. The molecule has 0 spiro atoms. The highest BCUT2D eigenvalue weighted by Gasteiger charge is 2.41. The molecule has 0 atom stereocenters. The standard InChI is InChI=1S/C5H7F4NO/c1-2-10-11-3-5(8,9)4(6)7/h2,4H,3H2,1H3/b10-2+. The lowest BCUT2D eigenvalue weighted by molar-refractivity contribution is -0.165. The molecule has 66 valence electrons. The largest absolute Gasteiger partial charge is 0.389 e. The van der Waals surface area contributed by atoms with Gasteiger partial charge in [0.15, 0.2) is 6.61 Å². The summed E-state index contributed by atoms with van der Waals surface area (Å²) in [4.78, 5) is 3.85. The Morgan fingerprint density at radius 1 is 1.55 bits per heavy atom. The fourth-order valence-corrected chi connectivity index (χ4v) is 0.261. The molecule has 0 amide bonds. The number of hydrogen-bond acceptors (Lipinski definition) is 2. The molecule has 0 aromatic heterocycles. The molecule has 0 heterocycles. The molecule has 0 saturated carbocycles. The highest BCUT2D eigenvalue weighted by Crippen LogP contribution is 2.22. The van der Waals surface area contributed by atoms with Gasteiger partial charge in [0, 0.05) is 6.21 Å². The van der Waals surface area contributed by atoms with Crippen LogP contribution in [0.1, 0.15) is 6.92 Å². The lowest BCUT2D eigenvalue weighted by Gasteiger charge is -2.12. The first kappa shape index (κ1) is 10.2. The maximum Gasteiger partial charge on any atom is 0.343 e. The van der Waals surface area contributed by atoms with Crippen molar-refractivity contribution in [3.63, 3.8) is 0 Å². The monoisotopic (exact) mass is 173 g/mol. The van der Waals surface area contributed by atoms with E-state index in [1.165, 1.54) is 6.92 Å². The highest BCUT2D eigenvalue weighted by atomic mass is 19.3. The number of alkyl halides is 4. The average Bonchev–Trinajstić information content (AvgIpc) is 1.88. The van der Waals surface area contributed by atoms with Gasteiger partial charge in [-0.3, -0.25) is 0 Å². The Labute approximate surface area is 60.8 Å². The molecule has 0 aromatic rings. The fourth-order valence-electron chi connectivity index (χ4n) is 0.261. The number of oxime groups is 1. The van der Waals surface area contributed by atoms with Gasteiger partial charge in [-0.15, -0.1) is 0 Å². The van der Waals surface area contributed by atoms with Gasteiger partial charge < -0.3 is 4.84 Å². The molecule has 2 nitrogen and oxygen atoms in total. The Morgan fingerprint density at radius 3 is 2.45 bits per heavy atom. The average molecular weight is 173 g/mol. The summed E-state index contributed by atoms with van der Waals surface area (Å²) in [6.45, 7) is 0.0233. The molecule has 6 heteroatoms. The van der Waals surface area contributed by atoms with Gasteiger partial charge in [0.2, 0.25) is 0 Å². The van der Waals surface area contributed by atoms with Gasteiger partial charge in [0.1, 0.15) is 0 Å². The van der Waals surface area contributed by atoms with Crippen LogP contribution in [0.2, 0.25) is 0 Å². The van der Waals surface area contributed by atoms with E-state index in [0.29, 0.717) is 0 Å². The van der Waals surface area contributed by atoms with Crippen LogP contribution in [0.5, 0.6) is 0 Å². The lowest BCUT2D eigenvalue weighted by Crippen LogP contribution is -2.31. The molecule has 0 bridgehead atoms. The van der Waals surface area contributed by atoms with Crippen LogP contribution < -0.4 is 0 Å². The van der Waals surface area contributed by atoms with Crippen LogP contribution >= 0.6 is 0 Å². The van der Waals surface area contributed by atoms with E-state index >= 15 is 0 Å². The summed E-state index contributed by atoms with van der Waals surface area (Å²) >= 11 is 0. The van der Waals surface area contributed by atoms with E-state index in [2.05, 4.69) is 9.99 Å². The first-order valence-electron chi connectivity index (χ1n) is 2.76. The molecule has 0 unspecified atom stereocenters. The molecule has 0 aliphatic rings. The predicted octanol–water partition coefficient (Wildman–Crippen LogP) is 1.91. The summed E-state index contributed by atoms with van der Waals surface area (Å²) in [5.74, 6) is -4.12. The fraction of sp³-hybridized carbons (Fsp3) is 0.800. The van der Waals surface area contributed by atoms with E-state index in [9.17, 15) is 17.6 Å². The lowest BCUT2D eigenvalue weighted by atomic mass is 10.4. The number of hydrogen-bond donors (Lipinski definition) is 0. The Bertz CT molecular complexity index is 136. The summed E-state index contributed by atoms with van der Waals surface area (Å²) in [7, 11) is 0. The first-order valence-corrected chi connectivity index (χ1v) is 2.76. The van der Waals surface area contributed by atoms with Crippen molar-refractivity contribution in [2.45, 2.75) is 19.3 Å². The zero-order valence-corrected chi connectivity index (χ0v) is 5.73. The molecule has 0 aliphatic heterocycles. The third-order valence-electron chi connectivity index (χ3n) is 0.756. The van der Waals surface area contributed by atoms with Crippen molar-refractivity contribution in [1.29, 1.82) is 0 Å². The molecule has 0 saturated heterocycles. The second-order valence-electron chi connectivity index (χ2n) is 1.70. The Hall–Kier alpha value is -0.810. The van der Waals surface area contributed by atoms with Crippen molar-refractivity contribution < 1.29 is 22.4 Å². The van der Waals surface area contributed by atoms with E-state index in [-0.39, 0.29) is 0 Å². The van der Waals surface area contributed by atoms with Crippen molar-refractivity contribution in [3.8, 4) is 0 Å². The van der Waals surface area contributed by atoms with Crippen molar-refractivity contribution in [2.24, 2.45) is 5.16 Å². The van der Waals surface area contributed by atoms with Crippen LogP contribution in [0.4, 0.5) is 17.6 Å². The molecular weight excluding hydrogens is 166 g/mol. The summed E-state index contributed by atoms with van der Waals surface area (Å²) in [6, 6.07) is 0. The number of nitrogens with zero attached hydrogens (tertiary/aromatic N) is 1. The Balaban J connectivity index is 3.73. The smallest absolute Gasteiger partial charge is 0.343 e. The van der Waals surface area contributed by atoms with Gasteiger partial charge in [0.05, 0.1) is 0 Å². The SMILES string of the molecule is C/C=N/OCC(F)(F)C(F)F.